The predicted molar refractivity (Wildman–Crippen MR) is 98.0 cm³/mol. The molecule has 1 amide bonds. The number of allylic oxidation sites excluding steroid dienone is 1. The normalized spacial score (nSPS) is 27.8. The van der Waals surface area contributed by atoms with Crippen molar-refractivity contribution in [2.45, 2.75) is 44.6 Å². The molecule has 4 nitrogen and oxygen atoms in total. The molecule has 2 aliphatic carbocycles. The minimum atomic E-state index is -1.06. The lowest BCUT2D eigenvalue weighted by molar-refractivity contribution is -0.140. The molecule has 132 valence electrons. The van der Waals surface area contributed by atoms with E-state index in [1.165, 1.54) is 0 Å². The van der Waals surface area contributed by atoms with Crippen LogP contribution in [0.5, 0.6) is 0 Å². The average molecular weight is 346 g/mol. The molecule has 1 saturated carbocycles. The average Bonchev–Trinajstić information content (AvgIpc) is 2.60. The van der Waals surface area contributed by atoms with Crippen molar-refractivity contribution in [1.82, 2.24) is 4.90 Å². The third-order valence-corrected chi connectivity index (χ3v) is 6.23. The van der Waals surface area contributed by atoms with Crippen LogP contribution >= 0.6 is 0 Å². The van der Waals surface area contributed by atoms with Gasteiger partial charge in [0, 0.05) is 12.6 Å². The fraction of sp³-hybridized carbons (Fsp3) is 0.409. The van der Waals surface area contributed by atoms with Crippen molar-refractivity contribution in [2.75, 3.05) is 6.54 Å². The van der Waals surface area contributed by atoms with Crippen molar-refractivity contribution in [3.8, 4) is 6.07 Å². The minimum Gasteiger partial charge on any atom is -0.335 e. The Hall–Kier alpha value is -2.67. The summed E-state index contributed by atoms with van der Waals surface area (Å²) in [7, 11) is 0. The van der Waals surface area contributed by atoms with Gasteiger partial charge in [-0.1, -0.05) is 36.4 Å². The Balaban J connectivity index is 2.00. The highest BCUT2D eigenvalue weighted by Gasteiger charge is 2.57. The highest BCUT2D eigenvalue weighted by Crippen LogP contribution is 2.52. The lowest BCUT2D eigenvalue weighted by Gasteiger charge is -2.51. The molecule has 0 bridgehead atoms. The second kappa shape index (κ2) is 5.67. The van der Waals surface area contributed by atoms with Crippen molar-refractivity contribution in [3.05, 3.63) is 59.2 Å². The maximum atomic E-state index is 13.8. The van der Waals surface area contributed by atoms with E-state index in [0.717, 1.165) is 30.4 Å². The quantitative estimate of drug-likeness (QED) is 0.772. The zero-order chi connectivity index (χ0) is 18.5. The summed E-state index contributed by atoms with van der Waals surface area (Å²) in [6.07, 6.45) is 6.87. The SMILES string of the molecule is CC1(C)C(=O)C(C#N)=C[C@@]2(c3ccccc3)C(=O)N(C3CCC3)CC=C12. The number of carbonyl (C=O) groups is 2. The van der Waals surface area contributed by atoms with E-state index in [1.54, 1.807) is 6.08 Å². The number of rotatable bonds is 2. The van der Waals surface area contributed by atoms with Crippen LogP contribution in [0, 0.1) is 16.7 Å². The first-order valence-corrected chi connectivity index (χ1v) is 9.18. The molecule has 1 atom stereocenters. The molecule has 1 aromatic rings. The number of nitriles is 1. The van der Waals surface area contributed by atoms with Gasteiger partial charge in [0.2, 0.25) is 5.91 Å². The molecule has 1 aromatic carbocycles. The first-order chi connectivity index (χ1) is 12.4. The van der Waals surface area contributed by atoms with Gasteiger partial charge in [-0.25, -0.2) is 0 Å². The second-order valence-corrected chi connectivity index (χ2v) is 7.96. The number of ketones is 1. The fourth-order valence-electron chi connectivity index (χ4n) is 4.56. The molecule has 0 N–H and O–H groups in total. The third-order valence-electron chi connectivity index (χ3n) is 6.23. The van der Waals surface area contributed by atoms with Gasteiger partial charge in [-0.2, -0.15) is 5.26 Å². The maximum absolute atomic E-state index is 13.8. The number of hydrogen-bond acceptors (Lipinski definition) is 3. The number of carbonyl (C=O) groups excluding carboxylic acids is 2. The minimum absolute atomic E-state index is 0.000718. The van der Waals surface area contributed by atoms with Crippen molar-refractivity contribution < 1.29 is 9.59 Å². The molecule has 0 radical (unpaired) electrons. The van der Waals surface area contributed by atoms with Crippen LogP contribution in [0.15, 0.2) is 53.6 Å². The zero-order valence-electron chi connectivity index (χ0n) is 15.2. The smallest absolute Gasteiger partial charge is 0.241 e. The summed E-state index contributed by atoms with van der Waals surface area (Å²) >= 11 is 0. The van der Waals surface area contributed by atoms with Gasteiger partial charge >= 0.3 is 0 Å². The summed E-state index contributed by atoms with van der Waals surface area (Å²) < 4.78 is 0. The van der Waals surface area contributed by atoms with Crippen LogP contribution in [-0.4, -0.2) is 29.2 Å². The Bertz CT molecular complexity index is 884. The highest BCUT2D eigenvalue weighted by atomic mass is 16.2. The monoisotopic (exact) mass is 346 g/mol. The van der Waals surface area contributed by atoms with Crippen LogP contribution in [0.1, 0.15) is 38.7 Å². The topological polar surface area (TPSA) is 61.2 Å². The first kappa shape index (κ1) is 16.8. The van der Waals surface area contributed by atoms with Gasteiger partial charge in [0.25, 0.3) is 0 Å². The van der Waals surface area contributed by atoms with Crippen LogP contribution in [0.25, 0.3) is 0 Å². The van der Waals surface area contributed by atoms with E-state index in [9.17, 15) is 14.9 Å². The molecule has 3 aliphatic rings. The van der Waals surface area contributed by atoms with Crippen molar-refractivity contribution in [1.29, 1.82) is 5.26 Å². The maximum Gasteiger partial charge on any atom is 0.241 e. The summed E-state index contributed by atoms with van der Waals surface area (Å²) in [5.74, 6) is -0.207. The summed E-state index contributed by atoms with van der Waals surface area (Å²) in [6.45, 7) is 4.20. The van der Waals surface area contributed by atoms with E-state index in [0.29, 0.717) is 6.54 Å². The molecule has 0 unspecified atom stereocenters. The van der Waals surface area contributed by atoms with Crippen LogP contribution in [0.4, 0.5) is 0 Å². The lowest BCUT2D eigenvalue weighted by atomic mass is 9.56. The Labute approximate surface area is 153 Å². The lowest BCUT2D eigenvalue weighted by Crippen LogP contribution is -2.59. The predicted octanol–water partition coefficient (Wildman–Crippen LogP) is 3.30. The summed E-state index contributed by atoms with van der Waals surface area (Å²) in [5, 5.41) is 9.58. The van der Waals surface area contributed by atoms with Crippen LogP contribution in [0.2, 0.25) is 0 Å². The molecular formula is C22H22N2O2. The Morgan fingerprint density at radius 1 is 1.15 bits per heavy atom. The number of hydrogen-bond donors (Lipinski definition) is 0. The first-order valence-electron chi connectivity index (χ1n) is 9.18. The molecule has 0 spiro atoms. The molecule has 1 fully saturated rings. The van der Waals surface area contributed by atoms with Crippen LogP contribution in [-0.2, 0) is 15.0 Å². The largest absolute Gasteiger partial charge is 0.335 e. The fourth-order valence-corrected chi connectivity index (χ4v) is 4.56. The molecule has 1 aliphatic heterocycles. The molecule has 4 rings (SSSR count). The van der Waals surface area contributed by atoms with Gasteiger partial charge in [-0.05, 0) is 50.3 Å². The highest BCUT2D eigenvalue weighted by molar-refractivity contribution is 6.11. The molecule has 0 saturated heterocycles. The number of nitrogens with zero attached hydrogens (tertiary/aromatic N) is 2. The molecule has 4 heteroatoms. The van der Waals surface area contributed by atoms with Gasteiger partial charge < -0.3 is 4.90 Å². The van der Waals surface area contributed by atoms with Crippen molar-refractivity contribution in [3.63, 3.8) is 0 Å². The van der Waals surface area contributed by atoms with Crippen LogP contribution < -0.4 is 0 Å². The van der Waals surface area contributed by atoms with Gasteiger partial charge in [0.15, 0.2) is 5.78 Å². The molecule has 0 aromatic heterocycles. The van der Waals surface area contributed by atoms with Gasteiger partial charge in [-0.3, -0.25) is 9.59 Å². The Morgan fingerprint density at radius 3 is 2.42 bits per heavy atom. The van der Waals surface area contributed by atoms with Gasteiger partial charge in [0.1, 0.15) is 11.5 Å². The standard InChI is InChI=1S/C22H22N2O2/c1-21(2)18-11-12-24(17-9-6-10-17)20(26)22(18,13-15(14-23)19(21)25)16-7-4-3-5-8-16/h3-5,7-8,11,13,17H,6,9-10,12H2,1-2H3/t22-/m0/s1. The number of fused-ring (bicyclic) bond motifs is 1. The van der Waals surface area contributed by atoms with Crippen molar-refractivity contribution in [2.24, 2.45) is 5.41 Å². The Morgan fingerprint density at radius 2 is 1.85 bits per heavy atom. The van der Waals surface area contributed by atoms with E-state index in [1.807, 2.05) is 55.1 Å². The summed E-state index contributed by atoms with van der Waals surface area (Å²) in [5.41, 5.74) is -0.219. The summed E-state index contributed by atoms with van der Waals surface area (Å²) in [6, 6.07) is 11.9. The molecule has 26 heavy (non-hydrogen) atoms. The number of amides is 1. The zero-order valence-corrected chi connectivity index (χ0v) is 15.2. The van der Waals surface area contributed by atoms with E-state index in [2.05, 4.69) is 6.08 Å². The van der Waals surface area contributed by atoms with Gasteiger partial charge in [0.05, 0.1) is 11.0 Å². The summed E-state index contributed by atoms with van der Waals surface area (Å²) in [4.78, 5) is 28.6. The van der Waals surface area contributed by atoms with E-state index >= 15 is 0 Å². The number of Topliss-reactive ketones (excluding diaryl/α,β-unsaturated/α-hetero) is 1. The van der Waals surface area contributed by atoms with E-state index in [-0.39, 0.29) is 23.3 Å². The van der Waals surface area contributed by atoms with Crippen LogP contribution in [0.3, 0.4) is 0 Å². The van der Waals surface area contributed by atoms with Crippen molar-refractivity contribution >= 4 is 11.7 Å². The Kier molecular flexibility index (Phi) is 3.66. The van der Waals surface area contributed by atoms with Gasteiger partial charge in [-0.15, -0.1) is 0 Å². The van der Waals surface area contributed by atoms with E-state index < -0.39 is 10.8 Å². The number of benzene rings is 1. The molecular weight excluding hydrogens is 324 g/mol. The molecule has 1 heterocycles. The van der Waals surface area contributed by atoms with E-state index in [4.69, 9.17) is 0 Å². The second-order valence-electron chi connectivity index (χ2n) is 7.96. The third kappa shape index (κ3) is 2.07.